The topological polar surface area (TPSA) is 46.3 Å². The molecule has 3 nitrogen and oxygen atoms in total. The summed E-state index contributed by atoms with van der Waals surface area (Å²) in [6, 6.07) is 0. The van der Waals surface area contributed by atoms with Gasteiger partial charge < -0.3 is 10.6 Å². The number of hydrogen-bond donors (Lipinski definition) is 1. The second-order valence-electron chi connectivity index (χ2n) is 4.98. The summed E-state index contributed by atoms with van der Waals surface area (Å²) < 4.78 is 24.6. The standard InChI is InChI=1S/C12H22F2N2O/c1-16(8-10(13)14)11(17)12(9-15)6-4-2-3-5-7-12/h10H,2-9,15H2,1H3. The van der Waals surface area contributed by atoms with Crippen molar-refractivity contribution >= 4 is 5.91 Å². The first-order chi connectivity index (χ1) is 8.02. The van der Waals surface area contributed by atoms with E-state index in [-0.39, 0.29) is 12.5 Å². The second kappa shape index (κ2) is 6.28. The van der Waals surface area contributed by atoms with Crippen molar-refractivity contribution in [2.24, 2.45) is 11.1 Å². The summed E-state index contributed by atoms with van der Waals surface area (Å²) in [5.74, 6) is -0.206. The molecule has 0 aromatic heterocycles. The number of hydrogen-bond acceptors (Lipinski definition) is 2. The van der Waals surface area contributed by atoms with Crippen molar-refractivity contribution < 1.29 is 13.6 Å². The van der Waals surface area contributed by atoms with E-state index in [4.69, 9.17) is 5.73 Å². The lowest BCUT2D eigenvalue weighted by Gasteiger charge is -2.34. The molecule has 0 heterocycles. The molecule has 1 aliphatic carbocycles. The Kier molecular flexibility index (Phi) is 5.31. The molecular formula is C12H22F2N2O. The Morgan fingerprint density at radius 3 is 2.24 bits per heavy atom. The molecule has 0 unspecified atom stereocenters. The Morgan fingerprint density at radius 2 is 1.82 bits per heavy atom. The van der Waals surface area contributed by atoms with E-state index in [9.17, 15) is 13.6 Å². The van der Waals surface area contributed by atoms with Crippen LogP contribution in [0.5, 0.6) is 0 Å². The minimum atomic E-state index is -2.48. The van der Waals surface area contributed by atoms with Crippen LogP contribution in [0.1, 0.15) is 38.5 Å². The van der Waals surface area contributed by atoms with Gasteiger partial charge in [-0.25, -0.2) is 8.78 Å². The van der Waals surface area contributed by atoms with Crippen LogP contribution in [-0.2, 0) is 4.79 Å². The lowest BCUT2D eigenvalue weighted by atomic mass is 9.79. The van der Waals surface area contributed by atoms with Gasteiger partial charge in [0.1, 0.15) is 0 Å². The molecule has 0 aromatic rings. The van der Waals surface area contributed by atoms with Crippen LogP contribution in [0, 0.1) is 5.41 Å². The fraction of sp³-hybridized carbons (Fsp3) is 0.917. The number of alkyl halides is 2. The highest BCUT2D eigenvalue weighted by Gasteiger charge is 2.39. The third-order valence-corrected chi connectivity index (χ3v) is 3.66. The van der Waals surface area contributed by atoms with Gasteiger partial charge in [0.2, 0.25) is 5.91 Å². The van der Waals surface area contributed by atoms with E-state index in [1.807, 2.05) is 0 Å². The molecule has 5 heteroatoms. The summed E-state index contributed by atoms with van der Waals surface area (Å²) in [5, 5.41) is 0. The van der Waals surface area contributed by atoms with Crippen LogP contribution in [0.15, 0.2) is 0 Å². The van der Waals surface area contributed by atoms with E-state index in [1.165, 1.54) is 7.05 Å². The number of carbonyl (C=O) groups excluding carboxylic acids is 1. The van der Waals surface area contributed by atoms with Crippen LogP contribution in [0.25, 0.3) is 0 Å². The van der Waals surface area contributed by atoms with Gasteiger partial charge in [0, 0.05) is 13.6 Å². The number of halogens is 2. The maximum atomic E-state index is 12.3. The smallest absolute Gasteiger partial charge is 0.255 e. The van der Waals surface area contributed by atoms with Gasteiger partial charge in [-0.05, 0) is 12.8 Å². The predicted molar refractivity (Wildman–Crippen MR) is 62.8 cm³/mol. The molecule has 17 heavy (non-hydrogen) atoms. The maximum absolute atomic E-state index is 12.3. The van der Waals surface area contributed by atoms with E-state index >= 15 is 0 Å². The SMILES string of the molecule is CN(CC(F)F)C(=O)C1(CN)CCCCCC1. The summed E-state index contributed by atoms with van der Waals surface area (Å²) in [6.45, 7) is -0.236. The van der Waals surface area contributed by atoms with Gasteiger partial charge in [-0.3, -0.25) is 4.79 Å². The second-order valence-corrected chi connectivity index (χ2v) is 4.98. The Hall–Kier alpha value is -0.710. The first kappa shape index (κ1) is 14.4. The molecule has 1 amide bonds. The van der Waals surface area contributed by atoms with E-state index in [0.29, 0.717) is 0 Å². The van der Waals surface area contributed by atoms with Gasteiger partial charge >= 0.3 is 0 Å². The molecule has 1 fully saturated rings. The molecule has 0 aliphatic heterocycles. The molecule has 0 radical (unpaired) electrons. The Balaban J connectivity index is 2.73. The minimum absolute atomic E-state index is 0.206. The molecule has 1 rings (SSSR count). The lowest BCUT2D eigenvalue weighted by Crippen LogP contribution is -2.47. The third-order valence-electron chi connectivity index (χ3n) is 3.66. The van der Waals surface area contributed by atoms with E-state index in [2.05, 4.69) is 0 Å². The monoisotopic (exact) mass is 248 g/mol. The van der Waals surface area contributed by atoms with Crippen LogP contribution in [-0.4, -0.2) is 37.4 Å². The molecule has 0 aromatic carbocycles. The summed E-state index contributed by atoms with van der Waals surface area (Å²) in [4.78, 5) is 13.4. The van der Waals surface area contributed by atoms with Crippen molar-refractivity contribution in [1.29, 1.82) is 0 Å². The predicted octanol–water partition coefficient (Wildman–Crippen LogP) is 2.01. The summed E-state index contributed by atoms with van der Waals surface area (Å²) >= 11 is 0. The first-order valence-corrected chi connectivity index (χ1v) is 6.25. The molecular weight excluding hydrogens is 226 g/mol. The Morgan fingerprint density at radius 1 is 1.29 bits per heavy atom. The van der Waals surface area contributed by atoms with Gasteiger partial charge in [0.25, 0.3) is 6.43 Å². The molecule has 1 saturated carbocycles. The largest absolute Gasteiger partial charge is 0.340 e. The van der Waals surface area contributed by atoms with Crippen LogP contribution in [0.3, 0.4) is 0 Å². The Labute approximate surface area is 101 Å². The number of nitrogens with two attached hydrogens (primary N) is 1. The van der Waals surface area contributed by atoms with Crippen LogP contribution in [0.2, 0.25) is 0 Å². The van der Waals surface area contributed by atoms with Gasteiger partial charge in [0.05, 0.1) is 12.0 Å². The van der Waals surface area contributed by atoms with Crippen molar-refractivity contribution in [3.8, 4) is 0 Å². The molecule has 2 N–H and O–H groups in total. The average Bonchev–Trinajstić information content (AvgIpc) is 2.53. The van der Waals surface area contributed by atoms with Crippen molar-refractivity contribution in [3.05, 3.63) is 0 Å². The highest BCUT2D eigenvalue weighted by molar-refractivity contribution is 5.82. The number of amides is 1. The van der Waals surface area contributed by atoms with Crippen LogP contribution < -0.4 is 5.73 Å². The average molecular weight is 248 g/mol. The molecule has 0 spiro atoms. The number of nitrogens with zero attached hydrogens (tertiary/aromatic N) is 1. The zero-order chi connectivity index (χ0) is 12.9. The maximum Gasteiger partial charge on any atom is 0.255 e. The first-order valence-electron chi connectivity index (χ1n) is 6.25. The quantitative estimate of drug-likeness (QED) is 0.774. The normalized spacial score (nSPS) is 20.1. The fourth-order valence-electron chi connectivity index (χ4n) is 2.61. The molecule has 0 bridgehead atoms. The van der Waals surface area contributed by atoms with Crippen molar-refractivity contribution in [1.82, 2.24) is 4.90 Å². The van der Waals surface area contributed by atoms with Gasteiger partial charge in [-0.2, -0.15) is 0 Å². The zero-order valence-electron chi connectivity index (χ0n) is 10.4. The third kappa shape index (κ3) is 3.63. The van der Waals surface area contributed by atoms with Crippen molar-refractivity contribution in [2.45, 2.75) is 45.0 Å². The molecule has 100 valence electrons. The van der Waals surface area contributed by atoms with Crippen molar-refractivity contribution in [2.75, 3.05) is 20.1 Å². The molecule has 0 saturated heterocycles. The fourth-order valence-corrected chi connectivity index (χ4v) is 2.61. The summed E-state index contributed by atoms with van der Waals surface area (Å²) in [5.41, 5.74) is 5.15. The molecule has 0 atom stereocenters. The van der Waals surface area contributed by atoms with Crippen LogP contribution >= 0.6 is 0 Å². The molecule has 1 aliphatic rings. The van der Waals surface area contributed by atoms with E-state index in [0.717, 1.165) is 43.4 Å². The van der Waals surface area contributed by atoms with E-state index in [1.54, 1.807) is 0 Å². The van der Waals surface area contributed by atoms with Crippen molar-refractivity contribution in [3.63, 3.8) is 0 Å². The highest BCUT2D eigenvalue weighted by atomic mass is 19.3. The number of carbonyl (C=O) groups is 1. The van der Waals surface area contributed by atoms with Gasteiger partial charge in [-0.15, -0.1) is 0 Å². The van der Waals surface area contributed by atoms with E-state index < -0.39 is 18.4 Å². The summed E-state index contributed by atoms with van der Waals surface area (Å²) in [7, 11) is 1.44. The zero-order valence-corrected chi connectivity index (χ0v) is 10.4. The van der Waals surface area contributed by atoms with Crippen LogP contribution in [0.4, 0.5) is 8.78 Å². The Bertz CT molecular complexity index is 251. The highest BCUT2D eigenvalue weighted by Crippen LogP contribution is 2.35. The lowest BCUT2D eigenvalue weighted by molar-refractivity contribution is -0.142. The summed E-state index contributed by atoms with van der Waals surface area (Å²) in [6.07, 6.45) is 3.12. The number of rotatable bonds is 4. The van der Waals surface area contributed by atoms with Gasteiger partial charge in [0.15, 0.2) is 0 Å². The minimum Gasteiger partial charge on any atom is -0.340 e. The van der Waals surface area contributed by atoms with Gasteiger partial charge in [-0.1, -0.05) is 25.7 Å².